The molecule has 1 fully saturated rings. The van der Waals surface area contributed by atoms with Crippen LogP contribution >= 0.6 is 0 Å². The fourth-order valence-electron chi connectivity index (χ4n) is 4.90. The number of methoxy groups -OCH3 is 1. The third-order valence-corrected chi connectivity index (χ3v) is 6.97. The van der Waals surface area contributed by atoms with Gasteiger partial charge in [0.05, 0.1) is 37.4 Å². The molecule has 2 aliphatic rings. The quantitative estimate of drug-likeness (QED) is 0.360. The molecule has 0 saturated carbocycles. The number of aliphatic hydroxyl groups excluding tert-OH is 1. The third-order valence-electron chi connectivity index (χ3n) is 6.97. The van der Waals surface area contributed by atoms with Crippen LogP contribution in [0.15, 0.2) is 60.4 Å². The second-order valence-corrected chi connectivity index (χ2v) is 9.74. The van der Waals surface area contributed by atoms with E-state index in [2.05, 4.69) is 0 Å². The molecule has 1 saturated heterocycles. The average molecular weight is 520 g/mol. The van der Waals surface area contributed by atoms with Gasteiger partial charge in [-0.15, -0.1) is 0 Å². The van der Waals surface area contributed by atoms with Crippen molar-refractivity contribution in [1.82, 2.24) is 4.98 Å². The number of aromatic nitrogens is 1. The Bertz CT molecular complexity index is 1240. The summed E-state index contributed by atoms with van der Waals surface area (Å²) in [4.78, 5) is 4.76. The lowest BCUT2D eigenvalue weighted by Crippen LogP contribution is -2.15. The van der Waals surface area contributed by atoms with Crippen molar-refractivity contribution in [3.05, 3.63) is 77.4 Å². The Balaban J connectivity index is 1.35. The van der Waals surface area contributed by atoms with Crippen LogP contribution < -0.4 is 4.74 Å². The minimum atomic E-state index is -0.319. The molecule has 1 unspecified atom stereocenters. The van der Waals surface area contributed by atoms with E-state index in [1.807, 2.05) is 54.6 Å². The molecular formula is C31H34FNO5. The van der Waals surface area contributed by atoms with Crippen molar-refractivity contribution in [2.75, 3.05) is 33.5 Å². The number of fused-ring (bicyclic) bond motifs is 1. The van der Waals surface area contributed by atoms with Crippen LogP contribution in [-0.2, 0) is 20.6 Å². The highest BCUT2D eigenvalue weighted by Crippen LogP contribution is 2.31. The van der Waals surface area contributed by atoms with Crippen molar-refractivity contribution in [3.63, 3.8) is 0 Å². The molecule has 200 valence electrons. The smallest absolute Gasteiger partial charge is 0.149 e. The standard InChI is InChI=1S/C31H34FNO5/c1-35-14-15-36-25-12-10-22(11-13-25)21-6-8-23(9-7-21)31-29(32)16-24-4-2-3-5-26(18-30(24)33-31)38-28-17-27(19-34)37-20-28/h6-13,16,18,27-28,34H,2-5,14-15,17,19-20H2,1H3/t27?,28-/m0/s1. The zero-order valence-corrected chi connectivity index (χ0v) is 21.7. The molecule has 3 aromatic rings. The number of hydrogen-bond donors (Lipinski definition) is 1. The van der Waals surface area contributed by atoms with E-state index in [-0.39, 0.29) is 24.6 Å². The summed E-state index contributed by atoms with van der Waals surface area (Å²) in [5, 5.41) is 9.35. The number of hydrogen-bond acceptors (Lipinski definition) is 6. The summed E-state index contributed by atoms with van der Waals surface area (Å²) in [5.41, 5.74) is 4.78. The normalized spacial score (nSPS) is 19.3. The highest BCUT2D eigenvalue weighted by Gasteiger charge is 2.27. The Morgan fingerprint density at radius 3 is 2.39 bits per heavy atom. The van der Waals surface area contributed by atoms with Crippen LogP contribution in [0, 0.1) is 5.82 Å². The van der Waals surface area contributed by atoms with Gasteiger partial charge in [-0.05, 0) is 54.2 Å². The van der Waals surface area contributed by atoms with Gasteiger partial charge in [-0.2, -0.15) is 0 Å². The monoisotopic (exact) mass is 519 g/mol. The Kier molecular flexibility index (Phi) is 8.68. The highest BCUT2D eigenvalue weighted by atomic mass is 19.1. The highest BCUT2D eigenvalue weighted by molar-refractivity contribution is 5.70. The second kappa shape index (κ2) is 12.5. The molecule has 7 heteroatoms. The van der Waals surface area contributed by atoms with Gasteiger partial charge >= 0.3 is 0 Å². The maximum atomic E-state index is 15.2. The molecule has 5 rings (SSSR count). The Morgan fingerprint density at radius 1 is 0.974 bits per heavy atom. The molecule has 2 heterocycles. The molecule has 0 bridgehead atoms. The molecule has 1 aromatic heterocycles. The molecule has 1 aliphatic carbocycles. The first-order chi connectivity index (χ1) is 18.6. The number of allylic oxidation sites excluding steroid dienone is 1. The van der Waals surface area contributed by atoms with E-state index < -0.39 is 0 Å². The zero-order chi connectivity index (χ0) is 26.3. The first-order valence-corrected chi connectivity index (χ1v) is 13.2. The van der Waals surface area contributed by atoms with Gasteiger partial charge < -0.3 is 24.1 Å². The summed E-state index contributed by atoms with van der Waals surface area (Å²) in [6, 6.07) is 17.3. The van der Waals surface area contributed by atoms with Crippen LogP contribution in [0.5, 0.6) is 5.75 Å². The molecule has 6 nitrogen and oxygen atoms in total. The predicted octanol–water partition coefficient (Wildman–Crippen LogP) is 5.81. The van der Waals surface area contributed by atoms with Gasteiger partial charge in [0.15, 0.2) is 0 Å². The van der Waals surface area contributed by atoms with Crippen molar-refractivity contribution in [1.29, 1.82) is 0 Å². The van der Waals surface area contributed by atoms with E-state index >= 15 is 4.39 Å². The van der Waals surface area contributed by atoms with Gasteiger partial charge in [0, 0.05) is 31.6 Å². The molecule has 2 aromatic carbocycles. The fourth-order valence-corrected chi connectivity index (χ4v) is 4.90. The molecule has 0 radical (unpaired) electrons. The predicted molar refractivity (Wildman–Crippen MR) is 144 cm³/mol. The number of rotatable bonds is 9. The van der Waals surface area contributed by atoms with Crippen molar-refractivity contribution < 1.29 is 28.4 Å². The lowest BCUT2D eigenvalue weighted by molar-refractivity contribution is 0.0460. The summed E-state index contributed by atoms with van der Waals surface area (Å²) in [6.07, 6.45) is 5.86. The van der Waals surface area contributed by atoms with Crippen molar-refractivity contribution in [2.24, 2.45) is 0 Å². The summed E-state index contributed by atoms with van der Waals surface area (Å²) in [5.74, 6) is 1.31. The van der Waals surface area contributed by atoms with Crippen molar-refractivity contribution in [2.45, 2.75) is 44.3 Å². The number of halogens is 1. The van der Waals surface area contributed by atoms with Crippen LogP contribution in [0.4, 0.5) is 4.39 Å². The van der Waals surface area contributed by atoms with E-state index in [0.29, 0.717) is 31.9 Å². The third kappa shape index (κ3) is 6.41. The molecule has 0 spiro atoms. The van der Waals surface area contributed by atoms with Crippen molar-refractivity contribution in [3.8, 4) is 28.1 Å². The van der Waals surface area contributed by atoms with E-state index in [0.717, 1.165) is 65.1 Å². The first-order valence-electron chi connectivity index (χ1n) is 13.2. The van der Waals surface area contributed by atoms with Gasteiger partial charge in [0.2, 0.25) is 0 Å². The molecule has 0 amide bonds. The topological polar surface area (TPSA) is 70.0 Å². The lowest BCUT2D eigenvalue weighted by atomic mass is 9.98. The second-order valence-electron chi connectivity index (χ2n) is 9.74. The summed E-state index contributed by atoms with van der Waals surface area (Å²) in [6.45, 7) is 1.51. The van der Waals surface area contributed by atoms with Gasteiger partial charge in [-0.1, -0.05) is 36.4 Å². The van der Waals surface area contributed by atoms with Gasteiger partial charge in [-0.3, -0.25) is 0 Å². The largest absolute Gasteiger partial charge is 0.492 e. The van der Waals surface area contributed by atoms with E-state index in [1.165, 1.54) is 0 Å². The SMILES string of the molecule is COCCOc1ccc(-c2ccc(-c3nc4c(cc3F)CCCCC(O[C@@H]3COC(CO)C3)=C4)cc2)cc1. The Morgan fingerprint density at radius 2 is 1.68 bits per heavy atom. The average Bonchev–Trinajstić information content (AvgIpc) is 3.39. The number of benzene rings is 2. The Hall–Kier alpha value is -3.26. The van der Waals surface area contributed by atoms with Gasteiger partial charge in [-0.25, -0.2) is 9.37 Å². The van der Waals surface area contributed by atoms with E-state index in [4.69, 9.17) is 23.9 Å². The van der Waals surface area contributed by atoms with E-state index in [9.17, 15) is 5.11 Å². The van der Waals surface area contributed by atoms with Crippen LogP contribution in [0.1, 0.15) is 36.9 Å². The maximum Gasteiger partial charge on any atom is 0.149 e. The van der Waals surface area contributed by atoms with Gasteiger partial charge in [0.1, 0.15) is 30.0 Å². The van der Waals surface area contributed by atoms with Crippen LogP contribution in [0.2, 0.25) is 0 Å². The molecule has 1 aliphatic heterocycles. The molecule has 2 atom stereocenters. The first kappa shape index (κ1) is 26.4. The number of ether oxygens (including phenoxy) is 4. The zero-order valence-electron chi connectivity index (χ0n) is 21.7. The number of nitrogens with zero attached hydrogens (tertiary/aromatic N) is 1. The minimum absolute atomic E-state index is 0.000664. The van der Waals surface area contributed by atoms with Crippen LogP contribution in [-0.4, -0.2) is 55.8 Å². The molecule has 38 heavy (non-hydrogen) atoms. The molecular weight excluding hydrogens is 485 g/mol. The maximum absolute atomic E-state index is 15.2. The van der Waals surface area contributed by atoms with Crippen LogP contribution in [0.25, 0.3) is 28.5 Å². The van der Waals surface area contributed by atoms with Gasteiger partial charge in [0.25, 0.3) is 0 Å². The summed E-state index contributed by atoms with van der Waals surface area (Å²) >= 11 is 0. The number of aryl methyl sites for hydroxylation is 1. The van der Waals surface area contributed by atoms with Crippen LogP contribution in [0.3, 0.4) is 0 Å². The Labute approximate surface area is 223 Å². The number of pyridine rings is 1. The van der Waals surface area contributed by atoms with E-state index in [1.54, 1.807) is 13.2 Å². The molecule has 1 N–H and O–H groups in total. The fraction of sp³-hybridized carbons (Fsp3) is 0.387. The summed E-state index contributed by atoms with van der Waals surface area (Å²) < 4.78 is 37.7. The lowest BCUT2D eigenvalue weighted by Gasteiger charge is -2.19. The summed E-state index contributed by atoms with van der Waals surface area (Å²) in [7, 11) is 1.65. The minimum Gasteiger partial charge on any atom is -0.492 e. The van der Waals surface area contributed by atoms with Crippen molar-refractivity contribution >= 4 is 6.08 Å². The number of aliphatic hydroxyl groups is 1.